The topological polar surface area (TPSA) is 108 Å². The molecule has 3 rings (SSSR count). The minimum Gasteiger partial charge on any atom is -0.312 e. The summed E-state index contributed by atoms with van der Waals surface area (Å²) >= 11 is 7.23. The molecule has 1 aromatic heterocycles. The normalized spacial score (nSPS) is 16.7. The van der Waals surface area contributed by atoms with Crippen LogP contribution in [0.4, 0.5) is 10.7 Å². The number of carbonyl (C=O) groups excluding carboxylic acids is 1. The summed E-state index contributed by atoms with van der Waals surface area (Å²) in [7, 11) is 0. The maximum absolute atomic E-state index is 12.8. The molecule has 7 nitrogen and oxygen atoms in total. The smallest absolute Gasteiger partial charge is 0.282 e. The fraction of sp³-hybridized carbons (Fsp3) is 0.368. The molecule has 0 saturated carbocycles. The van der Waals surface area contributed by atoms with Crippen molar-refractivity contribution in [3.8, 4) is 6.07 Å². The van der Waals surface area contributed by atoms with E-state index in [4.69, 9.17) is 11.6 Å². The standard InChI is InChI=1S/C19H19ClN4O3S/c1-18(2)8-12-13(9-21)17(28-15(12)19(3,4)23-18)22-16(25)11-7-10(20)5-6-14(11)24(26)27/h5-7,23H,8H2,1-4H3,(H,22,25). The molecular weight excluding hydrogens is 400 g/mol. The van der Waals surface area contributed by atoms with E-state index in [1.54, 1.807) is 0 Å². The molecule has 0 unspecified atom stereocenters. The average Bonchev–Trinajstić information content (AvgIpc) is 2.90. The van der Waals surface area contributed by atoms with Gasteiger partial charge in [-0.2, -0.15) is 5.26 Å². The first-order valence-electron chi connectivity index (χ1n) is 8.56. The molecule has 2 aromatic rings. The molecule has 146 valence electrons. The number of fused-ring (bicyclic) bond motifs is 1. The van der Waals surface area contributed by atoms with E-state index < -0.39 is 10.8 Å². The molecule has 1 aromatic carbocycles. The highest BCUT2D eigenvalue weighted by Crippen LogP contribution is 2.45. The van der Waals surface area contributed by atoms with Crippen LogP contribution >= 0.6 is 22.9 Å². The Morgan fingerprint density at radius 2 is 2.07 bits per heavy atom. The molecule has 0 atom stereocenters. The van der Waals surface area contributed by atoms with Gasteiger partial charge in [0, 0.05) is 27.0 Å². The summed E-state index contributed by atoms with van der Waals surface area (Å²) in [5.74, 6) is -0.672. The van der Waals surface area contributed by atoms with Gasteiger partial charge in [-0.3, -0.25) is 14.9 Å². The van der Waals surface area contributed by atoms with Crippen molar-refractivity contribution in [2.24, 2.45) is 0 Å². The molecule has 0 radical (unpaired) electrons. The Bertz CT molecular complexity index is 1040. The van der Waals surface area contributed by atoms with E-state index in [1.165, 1.54) is 29.5 Å². The molecular formula is C19H19ClN4O3S. The molecule has 0 saturated heterocycles. The second-order valence-electron chi connectivity index (χ2n) is 7.91. The summed E-state index contributed by atoms with van der Waals surface area (Å²) < 4.78 is 0. The van der Waals surface area contributed by atoms with Crippen LogP contribution in [0.25, 0.3) is 0 Å². The third-order valence-electron chi connectivity index (χ3n) is 4.58. The number of nitrogens with zero attached hydrogens (tertiary/aromatic N) is 2. The Kier molecular flexibility index (Phi) is 4.96. The number of hydrogen-bond donors (Lipinski definition) is 2. The number of rotatable bonds is 3. The van der Waals surface area contributed by atoms with Gasteiger partial charge in [0.25, 0.3) is 11.6 Å². The number of thiophene rings is 1. The van der Waals surface area contributed by atoms with Gasteiger partial charge in [0.15, 0.2) is 0 Å². The fourth-order valence-electron chi connectivity index (χ4n) is 3.75. The second-order valence-corrected chi connectivity index (χ2v) is 9.37. The predicted molar refractivity (Wildman–Crippen MR) is 109 cm³/mol. The van der Waals surface area contributed by atoms with Crippen molar-refractivity contribution in [3.63, 3.8) is 0 Å². The number of nitriles is 1. The van der Waals surface area contributed by atoms with E-state index in [-0.39, 0.29) is 27.4 Å². The summed E-state index contributed by atoms with van der Waals surface area (Å²) in [4.78, 5) is 24.4. The lowest BCUT2D eigenvalue weighted by atomic mass is 9.81. The van der Waals surface area contributed by atoms with Crippen LogP contribution in [0.3, 0.4) is 0 Å². The molecule has 9 heteroatoms. The first-order chi connectivity index (χ1) is 12.9. The van der Waals surface area contributed by atoms with Crippen molar-refractivity contribution in [1.82, 2.24) is 5.32 Å². The third-order valence-corrected chi connectivity index (χ3v) is 6.29. The molecule has 0 aliphatic carbocycles. The number of anilines is 1. The van der Waals surface area contributed by atoms with Crippen molar-refractivity contribution in [2.75, 3.05) is 5.32 Å². The zero-order valence-corrected chi connectivity index (χ0v) is 17.4. The zero-order chi connectivity index (χ0) is 20.9. The van der Waals surface area contributed by atoms with Crippen LogP contribution in [0.5, 0.6) is 0 Å². The Morgan fingerprint density at radius 1 is 1.39 bits per heavy atom. The lowest BCUT2D eigenvalue weighted by Gasteiger charge is -2.42. The van der Waals surface area contributed by atoms with E-state index in [2.05, 4.69) is 30.6 Å². The summed E-state index contributed by atoms with van der Waals surface area (Å²) in [6, 6.07) is 6.00. The summed E-state index contributed by atoms with van der Waals surface area (Å²) in [5.41, 5.74) is 0.224. The molecule has 2 N–H and O–H groups in total. The number of nitro benzene ring substituents is 1. The molecule has 1 aliphatic heterocycles. The predicted octanol–water partition coefficient (Wildman–Crippen LogP) is 4.59. The van der Waals surface area contributed by atoms with Crippen molar-refractivity contribution < 1.29 is 9.72 Å². The van der Waals surface area contributed by atoms with Gasteiger partial charge in [-0.15, -0.1) is 11.3 Å². The minimum absolute atomic E-state index is 0.148. The monoisotopic (exact) mass is 418 g/mol. The average molecular weight is 419 g/mol. The van der Waals surface area contributed by atoms with Crippen molar-refractivity contribution in [1.29, 1.82) is 5.26 Å². The van der Waals surface area contributed by atoms with Crippen LogP contribution in [0.15, 0.2) is 18.2 Å². The molecule has 0 fully saturated rings. The van der Waals surface area contributed by atoms with E-state index >= 15 is 0 Å². The van der Waals surface area contributed by atoms with Gasteiger partial charge in [-0.1, -0.05) is 11.6 Å². The quantitative estimate of drug-likeness (QED) is 0.559. The fourth-order valence-corrected chi connectivity index (χ4v) is 5.15. The molecule has 0 bridgehead atoms. The van der Waals surface area contributed by atoms with E-state index in [1.807, 2.05) is 13.8 Å². The summed E-state index contributed by atoms with van der Waals surface area (Å²) in [6.07, 6.45) is 0.637. The Labute approximate surface area is 171 Å². The van der Waals surface area contributed by atoms with E-state index in [9.17, 15) is 20.2 Å². The maximum atomic E-state index is 12.8. The van der Waals surface area contributed by atoms with Crippen molar-refractivity contribution in [3.05, 3.63) is 54.9 Å². The first kappa shape index (κ1) is 20.3. The maximum Gasteiger partial charge on any atom is 0.282 e. The number of hydrogen-bond acceptors (Lipinski definition) is 6. The number of amides is 1. The highest BCUT2D eigenvalue weighted by molar-refractivity contribution is 7.17. The van der Waals surface area contributed by atoms with Gasteiger partial charge in [-0.05, 0) is 51.8 Å². The van der Waals surface area contributed by atoms with Gasteiger partial charge in [0.05, 0.1) is 10.5 Å². The number of halogens is 1. The largest absolute Gasteiger partial charge is 0.312 e. The van der Waals surface area contributed by atoms with Gasteiger partial charge >= 0.3 is 0 Å². The van der Waals surface area contributed by atoms with Crippen LogP contribution in [-0.2, 0) is 12.0 Å². The van der Waals surface area contributed by atoms with Crippen molar-refractivity contribution >= 4 is 39.5 Å². The van der Waals surface area contributed by atoms with Gasteiger partial charge in [0.2, 0.25) is 0 Å². The summed E-state index contributed by atoms with van der Waals surface area (Å²) in [5, 5.41) is 27.8. The van der Waals surface area contributed by atoms with Crippen molar-refractivity contribution in [2.45, 2.75) is 45.2 Å². The molecule has 2 heterocycles. The highest BCUT2D eigenvalue weighted by atomic mass is 35.5. The molecule has 1 amide bonds. The summed E-state index contributed by atoms with van der Waals surface area (Å²) in [6.45, 7) is 8.17. The zero-order valence-electron chi connectivity index (χ0n) is 15.8. The van der Waals surface area contributed by atoms with Crippen LogP contribution in [-0.4, -0.2) is 16.4 Å². The second kappa shape index (κ2) is 6.85. The number of benzene rings is 1. The van der Waals surface area contributed by atoms with E-state index in [0.717, 1.165) is 10.4 Å². The lowest BCUT2D eigenvalue weighted by Crippen LogP contribution is -2.54. The van der Waals surface area contributed by atoms with Crippen LogP contribution in [0.1, 0.15) is 54.1 Å². The van der Waals surface area contributed by atoms with Crippen LogP contribution in [0.2, 0.25) is 5.02 Å². The van der Waals surface area contributed by atoms with Crippen LogP contribution in [0, 0.1) is 21.4 Å². The Hall–Kier alpha value is -2.47. The van der Waals surface area contributed by atoms with Gasteiger partial charge < -0.3 is 10.6 Å². The first-order valence-corrected chi connectivity index (χ1v) is 9.75. The lowest BCUT2D eigenvalue weighted by molar-refractivity contribution is -0.385. The minimum atomic E-state index is -0.672. The number of carbonyl (C=O) groups is 1. The highest BCUT2D eigenvalue weighted by Gasteiger charge is 2.40. The van der Waals surface area contributed by atoms with E-state index in [0.29, 0.717) is 17.0 Å². The number of nitro groups is 1. The SMILES string of the molecule is CC1(C)Cc2c(sc(NC(=O)c3cc(Cl)ccc3[N+](=O)[O-])c2C#N)C(C)(C)N1. The Balaban J connectivity index is 2.05. The molecule has 28 heavy (non-hydrogen) atoms. The third kappa shape index (κ3) is 3.61. The Morgan fingerprint density at radius 3 is 2.68 bits per heavy atom. The van der Waals surface area contributed by atoms with Crippen LogP contribution < -0.4 is 10.6 Å². The molecule has 1 aliphatic rings. The van der Waals surface area contributed by atoms with Gasteiger partial charge in [0.1, 0.15) is 16.6 Å². The molecule has 0 spiro atoms. The van der Waals surface area contributed by atoms with Gasteiger partial charge in [-0.25, -0.2) is 0 Å². The number of nitrogens with one attached hydrogen (secondary N) is 2.